The third-order valence-electron chi connectivity index (χ3n) is 1.54. The van der Waals surface area contributed by atoms with Crippen molar-refractivity contribution in [2.24, 2.45) is 5.73 Å². The Balaban J connectivity index is 2.66. The minimum absolute atomic E-state index is 0.174. The van der Waals surface area contributed by atoms with Gasteiger partial charge in [0.2, 0.25) is 0 Å². The van der Waals surface area contributed by atoms with E-state index < -0.39 is 0 Å². The molecule has 0 spiro atoms. The number of carbonyl (C=O) groups is 1. The minimum atomic E-state index is -0.312. The van der Waals surface area contributed by atoms with E-state index in [0.717, 1.165) is 9.28 Å². The van der Waals surface area contributed by atoms with Crippen molar-refractivity contribution in [2.75, 3.05) is 0 Å². The first-order valence-electron chi connectivity index (χ1n) is 3.57. The number of carbonyl (C=O) groups excluding carboxylic acids is 1. The molecule has 66 valence electrons. The Labute approximate surface area is 82.5 Å². The molecule has 1 rings (SSSR count). The van der Waals surface area contributed by atoms with Crippen molar-refractivity contribution in [1.82, 2.24) is 0 Å². The molecule has 0 aromatic carbocycles. The van der Waals surface area contributed by atoms with Gasteiger partial charge in [0.05, 0.1) is 0 Å². The Morgan fingerprint density at radius 3 is 2.92 bits per heavy atom. The van der Waals surface area contributed by atoms with E-state index in [2.05, 4.69) is 13.2 Å². The fourth-order valence-electron chi connectivity index (χ4n) is 0.958. The summed E-state index contributed by atoms with van der Waals surface area (Å²) in [4.78, 5) is 11.0. The quantitative estimate of drug-likeness (QED) is 0.359. The fourth-order valence-corrected chi connectivity index (χ4v) is 3.19. The molecule has 1 atom stereocenters. The SMILES string of the molecule is C=C(N)[I-]C1CC(=O)C=CC1=C. The predicted molar refractivity (Wildman–Crippen MR) is 45.0 cm³/mol. The first-order chi connectivity index (χ1) is 5.59. The standard InChI is InChI=1S/C9H11INO/c1-6-3-4-8(12)5-9(6)10-7(2)11/h3-4,9H,1-2,5,11H2/q-1. The summed E-state index contributed by atoms with van der Waals surface area (Å²) in [6.45, 7) is 7.53. The van der Waals surface area contributed by atoms with Gasteiger partial charge in [-0.1, -0.05) is 0 Å². The molecule has 0 aliphatic heterocycles. The average Bonchev–Trinajstić information content (AvgIpc) is 1.96. The summed E-state index contributed by atoms with van der Waals surface area (Å²) in [7, 11) is 0. The van der Waals surface area contributed by atoms with Crippen LogP contribution < -0.4 is 26.9 Å². The molecular weight excluding hydrogens is 265 g/mol. The third kappa shape index (κ3) is 2.48. The van der Waals surface area contributed by atoms with Crippen molar-refractivity contribution in [2.45, 2.75) is 10.3 Å². The molecule has 0 aromatic rings. The second kappa shape index (κ2) is 3.89. The van der Waals surface area contributed by atoms with Gasteiger partial charge >= 0.3 is 82.4 Å². The topological polar surface area (TPSA) is 43.1 Å². The molecule has 0 aromatic heterocycles. The molecule has 1 aliphatic carbocycles. The maximum absolute atomic E-state index is 11.0. The summed E-state index contributed by atoms with van der Waals surface area (Å²) in [6.07, 6.45) is 3.94. The van der Waals surface area contributed by atoms with E-state index in [0.29, 0.717) is 6.42 Å². The molecule has 0 heterocycles. The summed E-state index contributed by atoms with van der Waals surface area (Å²) in [5, 5.41) is 0. The van der Waals surface area contributed by atoms with Crippen molar-refractivity contribution in [1.29, 1.82) is 0 Å². The fraction of sp³-hybridized carbons (Fsp3) is 0.222. The number of hydrogen-bond donors (Lipinski definition) is 1. The van der Waals surface area contributed by atoms with Crippen LogP contribution in [0.5, 0.6) is 0 Å². The molecule has 0 saturated heterocycles. The second-order valence-corrected chi connectivity index (χ2v) is 6.11. The molecule has 3 heteroatoms. The number of alkyl halides is 1. The summed E-state index contributed by atoms with van der Waals surface area (Å²) in [6, 6.07) is 0. The molecule has 2 nitrogen and oxygen atoms in total. The van der Waals surface area contributed by atoms with Gasteiger partial charge in [0.15, 0.2) is 0 Å². The number of nitrogens with two attached hydrogens (primary N) is 1. The van der Waals surface area contributed by atoms with Crippen molar-refractivity contribution in [3.05, 3.63) is 34.6 Å². The molecule has 2 N–H and O–H groups in total. The Morgan fingerprint density at radius 2 is 2.33 bits per heavy atom. The predicted octanol–water partition coefficient (Wildman–Crippen LogP) is -2.04. The molecule has 0 saturated carbocycles. The van der Waals surface area contributed by atoms with E-state index in [1.54, 1.807) is 12.2 Å². The van der Waals surface area contributed by atoms with Crippen molar-refractivity contribution in [3.63, 3.8) is 0 Å². The van der Waals surface area contributed by atoms with Crippen LogP contribution in [0.2, 0.25) is 0 Å². The van der Waals surface area contributed by atoms with Crippen LogP contribution >= 0.6 is 0 Å². The maximum atomic E-state index is 11.0. The van der Waals surface area contributed by atoms with E-state index in [9.17, 15) is 4.79 Å². The third-order valence-corrected chi connectivity index (χ3v) is 4.33. The van der Waals surface area contributed by atoms with Crippen LogP contribution in [0.3, 0.4) is 0 Å². The van der Waals surface area contributed by atoms with Gasteiger partial charge in [0.25, 0.3) is 0 Å². The zero-order valence-electron chi connectivity index (χ0n) is 6.72. The van der Waals surface area contributed by atoms with Crippen LogP contribution in [-0.4, -0.2) is 9.71 Å². The molecule has 12 heavy (non-hydrogen) atoms. The molecule has 0 radical (unpaired) electrons. The van der Waals surface area contributed by atoms with Gasteiger partial charge in [-0.3, -0.25) is 0 Å². The Kier molecular flexibility index (Phi) is 3.08. The first kappa shape index (κ1) is 9.51. The van der Waals surface area contributed by atoms with E-state index in [4.69, 9.17) is 5.73 Å². The van der Waals surface area contributed by atoms with Crippen LogP contribution in [0.15, 0.2) is 34.6 Å². The molecule has 0 amide bonds. The monoisotopic (exact) mass is 276 g/mol. The van der Waals surface area contributed by atoms with Crippen molar-refractivity contribution < 1.29 is 26.0 Å². The number of halogens is 1. The van der Waals surface area contributed by atoms with E-state index >= 15 is 0 Å². The van der Waals surface area contributed by atoms with Gasteiger partial charge < -0.3 is 0 Å². The summed E-state index contributed by atoms with van der Waals surface area (Å²) in [5.41, 5.74) is 6.53. The Morgan fingerprint density at radius 1 is 1.67 bits per heavy atom. The van der Waals surface area contributed by atoms with Gasteiger partial charge in [0, 0.05) is 0 Å². The molecular formula is C9H11INO-. The number of rotatable bonds is 2. The molecule has 0 fully saturated rings. The van der Waals surface area contributed by atoms with Crippen LogP contribution in [0.25, 0.3) is 0 Å². The van der Waals surface area contributed by atoms with Crippen LogP contribution in [-0.2, 0) is 4.79 Å². The van der Waals surface area contributed by atoms with Gasteiger partial charge in [-0.2, -0.15) is 0 Å². The van der Waals surface area contributed by atoms with E-state index in [1.165, 1.54) is 0 Å². The van der Waals surface area contributed by atoms with Gasteiger partial charge in [-0.05, 0) is 0 Å². The Hall–Kier alpha value is -0.580. The Bertz CT molecular complexity index is 268. The van der Waals surface area contributed by atoms with Gasteiger partial charge in [0.1, 0.15) is 0 Å². The number of ketones is 1. The van der Waals surface area contributed by atoms with Crippen LogP contribution in [0, 0.1) is 0 Å². The summed E-state index contributed by atoms with van der Waals surface area (Å²) in [5.74, 6) is 0.174. The van der Waals surface area contributed by atoms with Crippen molar-refractivity contribution in [3.8, 4) is 0 Å². The average molecular weight is 276 g/mol. The van der Waals surface area contributed by atoms with Crippen molar-refractivity contribution >= 4 is 5.78 Å². The van der Waals surface area contributed by atoms with E-state index in [1.807, 2.05) is 0 Å². The van der Waals surface area contributed by atoms with Gasteiger partial charge in [-0.15, -0.1) is 0 Å². The van der Waals surface area contributed by atoms with E-state index in [-0.39, 0.29) is 30.9 Å². The normalized spacial score (nSPS) is 23.2. The molecule has 1 unspecified atom stereocenters. The summed E-state index contributed by atoms with van der Waals surface area (Å²) >= 11 is -0.312. The van der Waals surface area contributed by atoms with Crippen LogP contribution in [0.4, 0.5) is 0 Å². The molecule has 0 bridgehead atoms. The van der Waals surface area contributed by atoms with Gasteiger partial charge in [-0.25, -0.2) is 0 Å². The second-order valence-electron chi connectivity index (χ2n) is 2.60. The first-order valence-corrected chi connectivity index (χ1v) is 5.89. The molecule has 1 aliphatic rings. The zero-order chi connectivity index (χ0) is 9.14. The summed E-state index contributed by atoms with van der Waals surface area (Å²) < 4.78 is 1.00. The number of allylic oxidation sites excluding steroid dienone is 3. The zero-order valence-corrected chi connectivity index (χ0v) is 8.87. The van der Waals surface area contributed by atoms with Crippen LogP contribution in [0.1, 0.15) is 6.42 Å². The number of hydrogen-bond acceptors (Lipinski definition) is 2.